The van der Waals surface area contributed by atoms with Gasteiger partial charge in [0.2, 0.25) is 0 Å². The lowest BCUT2D eigenvalue weighted by Crippen LogP contribution is -2.26. The van der Waals surface area contributed by atoms with Crippen LogP contribution in [0.1, 0.15) is 38.8 Å². The summed E-state index contributed by atoms with van der Waals surface area (Å²) in [5.41, 5.74) is 1.84. The van der Waals surface area contributed by atoms with Crippen molar-refractivity contribution in [2.24, 2.45) is 0 Å². The summed E-state index contributed by atoms with van der Waals surface area (Å²) < 4.78 is 0. The Kier molecular flexibility index (Phi) is 5.17. The Morgan fingerprint density at radius 1 is 1.22 bits per heavy atom. The van der Waals surface area contributed by atoms with Crippen molar-refractivity contribution in [3.8, 4) is 5.75 Å². The van der Waals surface area contributed by atoms with Crippen LogP contribution in [-0.2, 0) is 12.0 Å². The molecule has 0 heterocycles. The van der Waals surface area contributed by atoms with Crippen molar-refractivity contribution in [1.29, 1.82) is 0 Å². The first-order chi connectivity index (χ1) is 8.40. The van der Waals surface area contributed by atoms with Gasteiger partial charge in [-0.1, -0.05) is 45.9 Å². The summed E-state index contributed by atoms with van der Waals surface area (Å²) in [6.07, 6.45) is 0. The minimum atomic E-state index is -0.0614. The number of benzene rings is 1. The zero-order valence-corrected chi connectivity index (χ0v) is 11.9. The molecule has 3 nitrogen and oxygen atoms in total. The summed E-state index contributed by atoms with van der Waals surface area (Å²) in [4.78, 5) is 2.11. The van der Waals surface area contributed by atoms with E-state index in [4.69, 9.17) is 5.11 Å². The first-order valence-electron chi connectivity index (χ1n) is 6.54. The molecule has 0 aliphatic carbocycles. The van der Waals surface area contributed by atoms with E-state index in [0.29, 0.717) is 18.8 Å². The van der Waals surface area contributed by atoms with Crippen molar-refractivity contribution in [3.63, 3.8) is 0 Å². The summed E-state index contributed by atoms with van der Waals surface area (Å²) >= 11 is 0. The van der Waals surface area contributed by atoms with Crippen LogP contribution in [0, 0.1) is 0 Å². The molecule has 0 fully saturated rings. The number of phenolic OH excluding ortho intramolecular Hbond substituents is 1. The molecule has 0 spiro atoms. The Hall–Kier alpha value is -1.06. The van der Waals surface area contributed by atoms with Crippen LogP contribution in [0.4, 0.5) is 0 Å². The number of hydrogen-bond donors (Lipinski definition) is 2. The largest absolute Gasteiger partial charge is 0.507 e. The lowest BCUT2D eigenvalue weighted by atomic mass is 9.85. The highest BCUT2D eigenvalue weighted by atomic mass is 16.3. The molecule has 0 unspecified atom stereocenters. The Morgan fingerprint density at radius 2 is 1.89 bits per heavy atom. The van der Waals surface area contributed by atoms with Crippen LogP contribution in [-0.4, -0.2) is 34.8 Å². The number of likely N-dealkylation sites (N-methyl/N-ethyl adjacent to an activating group) is 1. The van der Waals surface area contributed by atoms with E-state index in [-0.39, 0.29) is 12.0 Å². The molecule has 2 N–H and O–H groups in total. The minimum absolute atomic E-state index is 0.0614. The quantitative estimate of drug-likeness (QED) is 0.845. The van der Waals surface area contributed by atoms with Crippen molar-refractivity contribution in [2.75, 3.05) is 19.7 Å². The zero-order valence-electron chi connectivity index (χ0n) is 11.9. The van der Waals surface area contributed by atoms with Gasteiger partial charge in [-0.15, -0.1) is 0 Å². The third-order valence-corrected chi connectivity index (χ3v) is 3.18. The van der Waals surface area contributed by atoms with Crippen molar-refractivity contribution in [2.45, 2.75) is 39.7 Å². The van der Waals surface area contributed by atoms with Crippen LogP contribution in [0.2, 0.25) is 0 Å². The van der Waals surface area contributed by atoms with E-state index in [0.717, 1.165) is 17.7 Å². The highest BCUT2D eigenvalue weighted by Gasteiger charge is 2.20. The fourth-order valence-corrected chi connectivity index (χ4v) is 2.06. The van der Waals surface area contributed by atoms with E-state index < -0.39 is 0 Å². The number of hydrogen-bond acceptors (Lipinski definition) is 3. The predicted octanol–water partition coefficient (Wildman–Crippen LogP) is 2.50. The van der Waals surface area contributed by atoms with Gasteiger partial charge in [-0.2, -0.15) is 0 Å². The van der Waals surface area contributed by atoms with Crippen LogP contribution in [0.25, 0.3) is 0 Å². The third-order valence-electron chi connectivity index (χ3n) is 3.18. The van der Waals surface area contributed by atoms with E-state index in [9.17, 15) is 5.11 Å². The molecular formula is C15H25NO2. The van der Waals surface area contributed by atoms with Crippen LogP contribution < -0.4 is 0 Å². The fraction of sp³-hybridized carbons (Fsp3) is 0.600. The van der Waals surface area contributed by atoms with E-state index in [2.05, 4.69) is 32.6 Å². The molecule has 1 aromatic carbocycles. The molecule has 0 aliphatic heterocycles. The maximum absolute atomic E-state index is 10.3. The van der Waals surface area contributed by atoms with Gasteiger partial charge in [0.25, 0.3) is 0 Å². The first-order valence-corrected chi connectivity index (χ1v) is 6.54. The number of phenols is 1. The number of aliphatic hydroxyl groups excluding tert-OH is 1. The van der Waals surface area contributed by atoms with Gasteiger partial charge < -0.3 is 10.2 Å². The molecule has 3 heteroatoms. The van der Waals surface area contributed by atoms with Gasteiger partial charge >= 0.3 is 0 Å². The minimum Gasteiger partial charge on any atom is -0.507 e. The molecule has 0 amide bonds. The molecule has 0 saturated heterocycles. The molecule has 0 bridgehead atoms. The van der Waals surface area contributed by atoms with Crippen molar-refractivity contribution in [1.82, 2.24) is 4.90 Å². The molecule has 102 valence electrons. The zero-order chi connectivity index (χ0) is 13.8. The maximum Gasteiger partial charge on any atom is 0.123 e. The van der Waals surface area contributed by atoms with E-state index >= 15 is 0 Å². The second kappa shape index (κ2) is 6.21. The summed E-state index contributed by atoms with van der Waals surface area (Å²) in [5, 5.41) is 19.3. The summed E-state index contributed by atoms with van der Waals surface area (Å²) in [6, 6.07) is 5.91. The Labute approximate surface area is 110 Å². The second-order valence-corrected chi connectivity index (χ2v) is 5.66. The first kappa shape index (κ1) is 15.0. The van der Waals surface area contributed by atoms with Crippen LogP contribution in [0.3, 0.4) is 0 Å². The van der Waals surface area contributed by atoms with E-state index in [1.165, 1.54) is 0 Å². The number of aliphatic hydroxyl groups is 1. The maximum atomic E-state index is 10.3. The van der Waals surface area contributed by atoms with Crippen LogP contribution >= 0.6 is 0 Å². The highest BCUT2D eigenvalue weighted by molar-refractivity contribution is 5.43. The Morgan fingerprint density at radius 3 is 2.39 bits per heavy atom. The predicted molar refractivity (Wildman–Crippen MR) is 74.8 cm³/mol. The molecule has 0 aromatic heterocycles. The molecule has 0 aliphatic rings. The molecule has 1 rings (SSSR count). The standard InChI is InChI=1S/C15H25NO2/c1-5-16(9-10-17)11-12-7-6-8-13(14(12)18)15(2,3)4/h6-8,17-18H,5,9-11H2,1-4H3. The van der Waals surface area contributed by atoms with Crippen molar-refractivity contribution >= 4 is 0 Å². The monoisotopic (exact) mass is 251 g/mol. The molecule has 18 heavy (non-hydrogen) atoms. The van der Waals surface area contributed by atoms with Gasteiger partial charge in [-0.3, -0.25) is 4.90 Å². The lowest BCUT2D eigenvalue weighted by molar-refractivity contribution is 0.195. The van der Waals surface area contributed by atoms with Gasteiger partial charge in [-0.25, -0.2) is 0 Å². The molecule has 0 saturated carbocycles. The van der Waals surface area contributed by atoms with Gasteiger partial charge in [-0.05, 0) is 17.5 Å². The topological polar surface area (TPSA) is 43.7 Å². The van der Waals surface area contributed by atoms with Gasteiger partial charge in [0.05, 0.1) is 6.61 Å². The summed E-state index contributed by atoms with van der Waals surface area (Å²) in [7, 11) is 0. The molecule has 0 radical (unpaired) electrons. The normalized spacial score (nSPS) is 12.1. The number of nitrogens with zero attached hydrogens (tertiary/aromatic N) is 1. The van der Waals surface area contributed by atoms with Crippen molar-refractivity contribution in [3.05, 3.63) is 29.3 Å². The van der Waals surface area contributed by atoms with E-state index in [1.54, 1.807) is 0 Å². The van der Waals surface area contributed by atoms with Crippen molar-refractivity contribution < 1.29 is 10.2 Å². The van der Waals surface area contributed by atoms with Crippen LogP contribution in [0.15, 0.2) is 18.2 Å². The Bertz CT molecular complexity index is 383. The number of rotatable bonds is 5. The average Bonchev–Trinajstić information content (AvgIpc) is 2.29. The summed E-state index contributed by atoms with van der Waals surface area (Å²) in [6.45, 7) is 10.7. The SMILES string of the molecule is CCN(CCO)Cc1cccc(C(C)(C)C)c1O. The third kappa shape index (κ3) is 3.72. The second-order valence-electron chi connectivity index (χ2n) is 5.66. The number of aromatic hydroxyl groups is 1. The molecule has 1 aromatic rings. The average molecular weight is 251 g/mol. The van der Waals surface area contributed by atoms with Gasteiger partial charge in [0.1, 0.15) is 5.75 Å². The van der Waals surface area contributed by atoms with Gasteiger partial charge in [0.15, 0.2) is 0 Å². The molecular weight excluding hydrogens is 226 g/mol. The van der Waals surface area contributed by atoms with E-state index in [1.807, 2.05) is 18.2 Å². The smallest absolute Gasteiger partial charge is 0.123 e. The lowest BCUT2D eigenvalue weighted by Gasteiger charge is -2.24. The van der Waals surface area contributed by atoms with Gasteiger partial charge in [0, 0.05) is 18.7 Å². The summed E-state index contributed by atoms with van der Waals surface area (Å²) in [5.74, 6) is 0.390. The number of para-hydroxylation sites is 1. The molecule has 0 atom stereocenters. The van der Waals surface area contributed by atoms with Crippen LogP contribution in [0.5, 0.6) is 5.75 Å². The highest BCUT2D eigenvalue weighted by Crippen LogP contribution is 2.33. The fourth-order valence-electron chi connectivity index (χ4n) is 2.06. The Balaban J connectivity index is 2.97.